The second kappa shape index (κ2) is 12.4. The molecule has 3 aromatic carbocycles. The lowest BCUT2D eigenvalue weighted by Gasteiger charge is -2.48. The van der Waals surface area contributed by atoms with Crippen molar-refractivity contribution in [3.63, 3.8) is 0 Å². The van der Waals surface area contributed by atoms with Crippen molar-refractivity contribution in [1.29, 1.82) is 0 Å². The average Bonchev–Trinajstić information content (AvgIpc) is 2.89. The molecule has 0 radical (unpaired) electrons. The van der Waals surface area contributed by atoms with E-state index in [9.17, 15) is 32.3 Å². The first-order valence-corrected chi connectivity index (χ1v) is 14.6. The van der Waals surface area contributed by atoms with Crippen molar-refractivity contribution in [2.24, 2.45) is 0 Å². The van der Waals surface area contributed by atoms with E-state index in [1.165, 1.54) is 60.6 Å². The number of ether oxygens (including phenoxy) is 3. The Morgan fingerprint density at radius 3 is 2.30 bits per heavy atom. The molecule has 1 aliphatic rings. The Labute approximate surface area is 248 Å². The zero-order chi connectivity index (χ0) is 31.4. The molecule has 4 rings (SSSR count). The van der Waals surface area contributed by atoms with Crippen LogP contribution in [-0.2, 0) is 41.1 Å². The molecule has 1 heterocycles. The number of sulfonamides is 1. The summed E-state index contributed by atoms with van der Waals surface area (Å²) in [5.41, 5.74) is -0.0179. The molecule has 1 unspecified atom stereocenters. The van der Waals surface area contributed by atoms with Crippen molar-refractivity contribution >= 4 is 28.1 Å². The number of hydrogen-bond acceptors (Lipinski definition) is 8. The molecule has 0 bridgehead atoms. The fourth-order valence-corrected chi connectivity index (χ4v) is 6.28. The first-order chi connectivity index (χ1) is 20.2. The van der Waals surface area contributed by atoms with Crippen LogP contribution >= 0.6 is 0 Å². The van der Waals surface area contributed by atoms with Crippen LogP contribution in [0.4, 0.5) is 9.18 Å². The molecule has 1 amide bonds. The van der Waals surface area contributed by atoms with Gasteiger partial charge in [0.25, 0.3) is 5.79 Å². The summed E-state index contributed by atoms with van der Waals surface area (Å²) >= 11 is 0. The molecule has 1 aliphatic heterocycles. The Hall–Kier alpha value is -4.49. The summed E-state index contributed by atoms with van der Waals surface area (Å²) in [6.45, 7) is 3.64. The van der Waals surface area contributed by atoms with Gasteiger partial charge in [-0.15, -0.1) is 0 Å². The molecule has 1 saturated heterocycles. The quantitative estimate of drug-likeness (QED) is 0.243. The topological polar surface area (TPSA) is 149 Å². The van der Waals surface area contributed by atoms with Crippen molar-refractivity contribution in [3.05, 3.63) is 95.8 Å². The minimum atomic E-state index is -4.05. The molecule has 0 aliphatic carbocycles. The zero-order valence-electron chi connectivity index (χ0n) is 23.7. The number of aliphatic carboxylic acids is 1. The Balaban J connectivity index is 1.50. The van der Waals surface area contributed by atoms with Gasteiger partial charge in [-0.25, -0.2) is 22.4 Å². The van der Waals surface area contributed by atoms with E-state index >= 15 is 0 Å². The summed E-state index contributed by atoms with van der Waals surface area (Å²) in [4.78, 5) is 35.3. The van der Waals surface area contributed by atoms with Crippen LogP contribution in [0.5, 0.6) is 5.75 Å². The first kappa shape index (κ1) is 31.4. The number of nitrogens with one attached hydrogen (secondary N) is 1. The van der Waals surface area contributed by atoms with Gasteiger partial charge in [-0.2, -0.15) is 4.31 Å². The fraction of sp³-hybridized carbons (Fsp3) is 0.300. The highest BCUT2D eigenvalue weighted by atomic mass is 32.2. The standard InChI is InChI=1S/C30H31FN2O9S/c1-20(34)40-29(2,3)42-28(37)32-26(27(35)36)16-21-9-7-14-25(15-21)43(38,39)33-18-30(19-33,22-10-5-4-6-11-22)41-24-13-8-12-23(31)17-24/h4-15,17,26H,16,18-19H2,1-3H3,(H,32,37)(H,35,36). The molecule has 11 nitrogen and oxygen atoms in total. The lowest BCUT2D eigenvalue weighted by Crippen LogP contribution is -2.64. The van der Waals surface area contributed by atoms with E-state index in [4.69, 9.17) is 14.2 Å². The molecule has 43 heavy (non-hydrogen) atoms. The van der Waals surface area contributed by atoms with Crippen LogP contribution < -0.4 is 10.1 Å². The largest absolute Gasteiger partial charge is 0.480 e. The Morgan fingerprint density at radius 2 is 1.67 bits per heavy atom. The normalized spacial score (nSPS) is 15.4. The van der Waals surface area contributed by atoms with Gasteiger partial charge in [0, 0.05) is 33.3 Å². The van der Waals surface area contributed by atoms with Crippen LogP contribution in [-0.4, -0.2) is 60.8 Å². The highest BCUT2D eigenvalue weighted by Gasteiger charge is 2.52. The molecular weight excluding hydrogens is 583 g/mol. The predicted octanol–water partition coefficient (Wildman–Crippen LogP) is 3.83. The number of carbonyl (C=O) groups excluding carboxylic acids is 2. The van der Waals surface area contributed by atoms with Crippen LogP contribution in [0.25, 0.3) is 0 Å². The summed E-state index contributed by atoms with van der Waals surface area (Å²) < 4.78 is 58.3. The molecular formula is C30H31FN2O9S. The first-order valence-electron chi connectivity index (χ1n) is 13.2. The Bertz CT molecular complexity index is 1610. The zero-order valence-corrected chi connectivity index (χ0v) is 24.5. The monoisotopic (exact) mass is 614 g/mol. The number of benzene rings is 3. The van der Waals surface area contributed by atoms with E-state index in [1.54, 1.807) is 30.3 Å². The fourth-order valence-electron chi connectivity index (χ4n) is 4.68. The summed E-state index contributed by atoms with van der Waals surface area (Å²) in [6, 6.07) is 18.9. The number of halogens is 1. The van der Waals surface area contributed by atoms with E-state index in [0.717, 1.165) is 12.5 Å². The number of rotatable bonds is 11. The van der Waals surface area contributed by atoms with Gasteiger partial charge in [-0.1, -0.05) is 48.5 Å². The van der Waals surface area contributed by atoms with Gasteiger partial charge in [0.1, 0.15) is 17.6 Å². The Morgan fingerprint density at radius 1 is 1.00 bits per heavy atom. The summed E-state index contributed by atoms with van der Waals surface area (Å²) in [7, 11) is -4.05. The highest BCUT2D eigenvalue weighted by molar-refractivity contribution is 7.89. The molecule has 1 fully saturated rings. The smallest absolute Gasteiger partial charge is 0.411 e. The second-order valence-corrected chi connectivity index (χ2v) is 12.4. The molecule has 2 N–H and O–H groups in total. The molecule has 0 spiro atoms. The van der Waals surface area contributed by atoms with E-state index in [1.807, 2.05) is 6.07 Å². The van der Waals surface area contributed by atoms with Crippen molar-refractivity contribution < 1.29 is 46.5 Å². The lowest BCUT2D eigenvalue weighted by molar-refractivity contribution is -0.192. The third-order valence-electron chi connectivity index (χ3n) is 6.57. The third kappa shape index (κ3) is 7.67. The molecule has 0 aromatic heterocycles. The minimum Gasteiger partial charge on any atom is -0.480 e. The molecule has 228 valence electrons. The van der Waals surface area contributed by atoms with Gasteiger partial charge in [0.2, 0.25) is 10.0 Å². The van der Waals surface area contributed by atoms with Gasteiger partial charge in [-0.05, 0) is 35.4 Å². The maximum Gasteiger partial charge on any atom is 0.411 e. The van der Waals surface area contributed by atoms with Gasteiger partial charge >= 0.3 is 18.0 Å². The molecule has 13 heteroatoms. The van der Waals surface area contributed by atoms with E-state index in [0.29, 0.717) is 5.56 Å². The van der Waals surface area contributed by atoms with Crippen LogP contribution in [0, 0.1) is 5.82 Å². The predicted molar refractivity (Wildman–Crippen MR) is 151 cm³/mol. The van der Waals surface area contributed by atoms with Crippen LogP contribution in [0.3, 0.4) is 0 Å². The number of alkyl carbamates (subject to hydrolysis) is 1. The van der Waals surface area contributed by atoms with Crippen LogP contribution in [0.2, 0.25) is 0 Å². The average molecular weight is 615 g/mol. The molecule has 3 aromatic rings. The highest BCUT2D eigenvalue weighted by Crippen LogP contribution is 2.40. The van der Waals surface area contributed by atoms with Crippen molar-refractivity contribution in [1.82, 2.24) is 9.62 Å². The van der Waals surface area contributed by atoms with Gasteiger partial charge in [0.05, 0.1) is 18.0 Å². The summed E-state index contributed by atoms with van der Waals surface area (Å²) in [5, 5.41) is 11.9. The number of esters is 1. The summed E-state index contributed by atoms with van der Waals surface area (Å²) in [6.07, 6.45) is -1.41. The number of carbonyl (C=O) groups is 3. The number of hydrogen-bond donors (Lipinski definition) is 2. The molecule has 0 saturated carbocycles. The number of carboxylic acid groups (broad SMARTS) is 1. The number of carboxylic acids is 1. The SMILES string of the molecule is CC(=O)OC(C)(C)OC(=O)NC(Cc1cccc(S(=O)(=O)N2CC(Oc3cccc(F)c3)(c3ccccc3)C2)c1)C(=O)O. The third-order valence-corrected chi connectivity index (χ3v) is 8.35. The van der Waals surface area contributed by atoms with Gasteiger partial charge in [0.15, 0.2) is 5.60 Å². The van der Waals surface area contributed by atoms with Crippen LogP contribution in [0.1, 0.15) is 31.9 Å². The molecule has 1 atom stereocenters. The van der Waals surface area contributed by atoms with Crippen molar-refractivity contribution in [3.8, 4) is 5.75 Å². The summed E-state index contributed by atoms with van der Waals surface area (Å²) in [5.74, 6) is -3.96. The van der Waals surface area contributed by atoms with Gasteiger partial charge in [-0.3, -0.25) is 4.79 Å². The van der Waals surface area contributed by atoms with E-state index < -0.39 is 51.3 Å². The van der Waals surface area contributed by atoms with Crippen molar-refractivity contribution in [2.45, 2.75) is 49.5 Å². The Kier molecular flexibility index (Phi) is 9.07. The maximum absolute atomic E-state index is 13.8. The minimum absolute atomic E-state index is 0.0522. The maximum atomic E-state index is 13.8. The lowest BCUT2D eigenvalue weighted by atomic mass is 9.87. The van der Waals surface area contributed by atoms with E-state index in [2.05, 4.69) is 5.32 Å². The number of amides is 1. The second-order valence-electron chi connectivity index (χ2n) is 10.5. The van der Waals surface area contributed by atoms with Crippen LogP contribution in [0.15, 0.2) is 83.8 Å². The van der Waals surface area contributed by atoms with E-state index in [-0.39, 0.29) is 30.2 Å². The van der Waals surface area contributed by atoms with Crippen molar-refractivity contribution in [2.75, 3.05) is 13.1 Å². The van der Waals surface area contributed by atoms with Gasteiger partial charge < -0.3 is 24.6 Å². The number of nitrogens with zero attached hydrogens (tertiary/aromatic N) is 1.